The van der Waals surface area contributed by atoms with Gasteiger partial charge in [-0.1, -0.05) is 18.9 Å². The number of hydrogen-bond donors (Lipinski definition) is 1. The number of urea groups is 1. The number of carbonyl (C=O) groups excluding carboxylic acids is 2. The summed E-state index contributed by atoms with van der Waals surface area (Å²) in [5.41, 5.74) is 1.76. The first-order valence-electron chi connectivity index (χ1n) is 11.4. The highest BCUT2D eigenvalue weighted by Crippen LogP contribution is 2.35. The summed E-state index contributed by atoms with van der Waals surface area (Å²) >= 11 is 0. The van der Waals surface area contributed by atoms with Crippen LogP contribution in [0.2, 0.25) is 0 Å². The van der Waals surface area contributed by atoms with Crippen molar-refractivity contribution in [2.24, 2.45) is 0 Å². The fraction of sp³-hybridized carbons (Fsp3) is 0.636. The Kier molecular flexibility index (Phi) is 5.30. The molecule has 0 radical (unpaired) electrons. The van der Waals surface area contributed by atoms with E-state index in [-0.39, 0.29) is 11.9 Å². The number of rotatable bonds is 5. The highest BCUT2D eigenvalue weighted by atomic mass is 32.2. The molecule has 2 aliphatic carbocycles. The molecule has 0 unspecified atom stereocenters. The number of amides is 3. The van der Waals surface area contributed by atoms with Gasteiger partial charge in [0.2, 0.25) is 10.0 Å². The Hall–Kier alpha value is -1.97. The van der Waals surface area contributed by atoms with E-state index in [4.69, 9.17) is 0 Å². The maximum absolute atomic E-state index is 13.1. The highest BCUT2D eigenvalue weighted by Gasteiger charge is 2.52. The molecule has 1 aromatic rings. The van der Waals surface area contributed by atoms with Crippen molar-refractivity contribution >= 4 is 22.0 Å². The molecule has 1 aromatic carbocycles. The molecule has 2 aliphatic heterocycles. The van der Waals surface area contributed by atoms with Gasteiger partial charge in [-0.15, -0.1) is 0 Å². The lowest BCUT2D eigenvalue weighted by Gasteiger charge is -2.34. The van der Waals surface area contributed by atoms with Crippen molar-refractivity contribution in [2.45, 2.75) is 55.4 Å². The van der Waals surface area contributed by atoms with Crippen LogP contribution < -0.4 is 5.32 Å². The molecule has 5 rings (SSSR count). The third-order valence-corrected chi connectivity index (χ3v) is 9.28. The van der Waals surface area contributed by atoms with Crippen LogP contribution in [0.1, 0.15) is 43.2 Å². The minimum absolute atomic E-state index is 0.0900. The van der Waals surface area contributed by atoms with E-state index >= 15 is 0 Å². The van der Waals surface area contributed by atoms with E-state index in [9.17, 15) is 18.0 Å². The molecule has 1 saturated carbocycles. The fourth-order valence-corrected chi connectivity index (χ4v) is 6.96. The van der Waals surface area contributed by atoms with Crippen LogP contribution in [0.5, 0.6) is 0 Å². The van der Waals surface area contributed by atoms with Crippen LogP contribution in [0, 0.1) is 0 Å². The van der Waals surface area contributed by atoms with E-state index in [1.807, 2.05) is 12.1 Å². The first-order valence-corrected chi connectivity index (χ1v) is 12.8. The Morgan fingerprint density at radius 3 is 2.35 bits per heavy atom. The van der Waals surface area contributed by atoms with Crippen LogP contribution in [0.15, 0.2) is 23.1 Å². The van der Waals surface area contributed by atoms with Gasteiger partial charge in [-0.05, 0) is 55.4 Å². The van der Waals surface area contributed by atoms with Crippen LogP contribution in [-0.4, -0.2) is 79.3 Å². The summed E-state index contributed by atoms with van der Waals surface area (Å²) < 4.78 is 27.7. The van der Waals surface area contributed by atoms with Crippen LogP contribution in [0.25, 0.3) is 0 Å². The van der Waals surface area contributed by atoms with Crippen LogP contribution in [-0.2, 0) is 27.7 Å². The van der Waals surface area contributed by atoms with Gasteiger partial charge in [-0.25, -0.2) is 13.2 Å². The number of nitrogens with zero attached hydrogens (tertiary/aromatic N) is 3. The lowest BCUT2D eigenvalue weighted by molar-refractivity contribution is -0.131. The van der Waals surface area contributed by atoms with Crippen molar-refractivity contribution in [1.29, 1.82) is 0 Å². The van der Waals surface area contributed by atoms with Gasteiger partial charge in [0, 0.05) is 39.3 Å². The van der Waals surface area contributed by atoms with Crippen molar-refractivity contribution in [3.63, 3.8) is 0 Å². The summed E-state index contributed by atoms with van der Waals surface area (Å²) in [6, 6.07) is 5.26. The zero-order valence-electron chi connectivity index (χ0n) is 17.8. The highest BCUT2D eigenvalue weighted by molar-refractivity contribution is 7.89. The summed E-state index contributed by atoms with van der Waals surface area (Å²) in [7, 11) is -3.49. The van der Waals surface area contributed by atoms with E-state index in [0.29, 0.717) is 44.2 Å². The molecule has 2 heterocycles. The number of imide groups is 1. The number of aryl methyl sites for hydroxylation is 2. The molecule has 2 saturated heterocycles. The monoisotopic (exact) mass is 446 g/mol. The van der Waals surface area contributed by atoms with Gasteiger partial charge in [-0.2, -0.15) is 4.31 Å². The molecule has 0 bridgehead atoms. The molecule has 8 nitrogen and oxygen atoms in total. The van der Waals surface area contributed by atoms with E-state index in [1.165, 1.54) is 10.5 Å². The van der Waals surface area contributed by atoms with Gasteiger partial charge in [0.05, 0.1) is 4.90 Å². The molecular formula is C22H30N4O4S. The third kappa shape index (κ3) is 3.66. The average molecular weight is 447 g/mol. The fourth-order valence-electron chi connectivity index (χ4n) is 5.49. The number of nitrogens with one attached hydrogen (secondary N) is 1. The van der Waals surface area contributed by atoms with Crippen molar-refractivity contribution < 1.29 is 18.0 Å². The molecule has 0 atom stereocenters. The van der Waals surface area contributed by atoms with Gasteiger partial charge >= 0.3 is 6.03 Å². The Labute approximate surface area is 183 Å². The second-order valence-corrected chi connectivity index (χ2v) is 11.1. The van der Waals surface area contributed by atoms with Crippen molar-refractivity contribution in [1.82, 2.24) is 19.4 Å². The van der Waals surface area contributed by atoms with E-state index in [1.54, 1.807) is 10.4 Å². The standard InChI is InChI=1S/C22H30N4O4S/c27-20-22(8-1-2-9-22)23-21(28)26(20)15-12-24-10-13-25(14-11-24)31(29,30)19-7-6-17-4-3-5-18(17)16-19/h6-7,16H,1-5,8-15H2,(H,23,28). The SMILES string of the molecule is O=C1NC2(CCCC2)C(=O)N1CCN1CCN(S(=O)(=O)c2ccc3c(c2)CCC3)CC1. The smallest absolute Gasteiger partial charge is 0.323 e. The zero-order valence-corrected chi connectivity index (χ0v) is 18.6. The summed E-state index contributed by atoms with van der Waals surface area (Å²) in [4.78, 5) is 29.0. The molecule has 1 N–H and O–H groups in total. The number of hydrogen-bond acceptors (Lipinski definition) is 5. The van der Waals surface area contributed by atoms with Gasteiger partial charge in [0.15, 0.2) is 0 Å². The Bertz CT molecular complexity index is 995. The predicted octanol–water partition coefficient (Wildman–Crippen LogP) is 1.35. The largest absolute Gasteiger partial charge is 0.325 e. The second-order valence-electron chi connectivity index (χ2n) is 9.21. The van der Waals surface area contributed by atoms with Gasteiger partial charge < -0.3 is 5.32 Å². The zero-order chi connectivity index (χ0) is 21.6. The first-order chi connectivity index (χ1) is 14.9. The normalized spacial score (nSPS) is 24.2. The number of carbonyl (C=O) groups is 2. The molecular weight excluding hydrogens is 416 g/mol. The van der Waals surface area contributed by atoms with E-state index in [2.05, 4.69) is 10.2 Å². The predicted molar refractivity (Wildman–Crippen MR) is 115 cm³/mol. The molecule has 4 aliphatic rings. The summed E-state index contributed by atoms with van der Waals surface area (Å²) in [6.45, 7) is 2.96. The molecule has 3 amide bonds. The average Bonchev–Trinajstić information content (AvgIpc) is 3.48. The number of piperazine rings is 1. The van der Waals surface area contributed by atoms with Crippen molar-refractivity contribution in [3.05, 3.63) is 29.3 Å². The lowest BCUT2D eigenvalue weighted by Crippen LogP contribution is -2.50. The van der Waals surface area contributed by atoms with Gasteiger partial charge in [-0.3, -0.25) is 14.6 Å². The Morgan fingerprint density at radius 1 is 0.903 bits per heavy atom. The minimum atomic E-state index is -3.49. The Balaban J connectivity index is 1.16. The summed E-state index contributed by atoms with van der Waals surface area (Å²) in [5, 5.41) is 2.91. The first kappa shape index (κ1) is 20.9. The van der Waals surface area contributed by atoms with Crippen LogP contribution in [0.3, 0.4) is 0 Å². The van der Waals surface area contributed by atoms with E-state index in [0.717, 1.165) is 50.5 Å². The topological polar surface area (TPSA) is 90.0 Å². The second kappa shape index (κ2) is 7.86. The molecule has 1 spiro atoms. The number of sulfonamides is 1. The third-order valence-electron chi connectivity index (χ3n) is 7.38. The van der Waals surface area contributed by atoms with Crippen molar-refractivity contribution in [3.8, 4) is 0 Å². The molecule has 3 fully saturated rings. The maximum atomic E-state index is 13.1. The number of fused-ring (bicyclic) bond motifs is 1. The minimum Gasteiger partial charge on any atom is -0.323 e. The van der Waals surface area contributed by atoms with Crippen molar-refractivity contribution in [2.75, 3.05) is 39.3 Å². The summed E-state index contributed by atoms with van der Waals surface area (Å²) in [5.74, 6) is -0.0900. The summed E-state index contributed by atoms with van der Waals surface area (Å²) in [6.07, 6.45) is 6.49. The molecule has 9 heteroatoms. The van der Waals surface area contributed by atoms with Gasteiger partial charge in [0.1, 0.15) is 5.54 Å². The molecule has 168 valence electrons. The van der Waals surface area contributed by atoms with Gasteiger partial charge in [0.25, 0.3) is 5.91 Å². The number of benzene rings is 1. The lowest BCUT2D eigenvalue weighted by atomic mass is 9.98. The maximum Gasteiger partial charge on any atom is 0.325 e. The molecule has 31 heavy (non-hydrogen) atoms. The van der Waals surface area contributed by atoms with Crippen LogP contribution >= 0.6 is 0 Å². The Morgan fingerprint density at radius 2 is 1.61 bits per heavy atom. The molecule has 0 aromatic heterocycles. The van der Waals surface area contributed by atoms with E-state index < -0.39 is 15.6 Å². The quantitative estimate of drug-likeness (QED) is 0.690. The van der Waals surface area contributed by atoms with Crippen LogP contribution in [0.4, 0.5) is 4.79 Å².